The van der Waals surface area contributed by atoms with Crippen LogP contribution >= 0.6 is 15.9 Å². The molecule has 21 heavy (non-hydrogen) atoms. The highest BCUT2D eigenvalue weighted by molar-refractivity contribution is 9.10. The van der Waals surface area contributed by atoms with Gasteiger partial charge in [0.05, 0.1) is 12.7 Å². The lowest BCUT2D eigenvalue weighted by molar-refractivity contribution is 0.0686. The maximum atomic E-state index is 12.8. The zero-order valence-corrected chi connectivity index (χ0v) is 14.9. The van der Waals surface area contributed by atoms with E-state index in [4.69, 9.17) is 10.5 Å². The first-order valence-electron chi connectivity index (χ1n) is 7.17. The van der Waals surface area contributed by atoms with Crippen molar-refractivity contribution < 1.29 is 9.53 Å². The highest BCUT2D eigenvalue weighted by Gasteiger charge is 2.25. The molecular formula is C16H25BrN2O2. The van der Waals surface area contributed by atoms with Gasteiger partial charge in [-0.05, 0) is 36.6 Å². The molecule has 0 heterocycles. The molecule has 0 saturated heterocycles. The average Bonchev–Trinajstić information content (AvgIpc) is 2.45. The van der Waals surface area contributed by atoms with Crippen LogP contribution in [-0.4, -0.2) is 37.6 Å². The summed E-state index contributed by atoms with van der Waals surface area (Å²) in [6.45, 7) is 8.09. The third-order valence-corrected chi connectivity index (χ3v) is 3.84. The van der Waals surface area contributed by atoms with Gasteiger partial charge in [-0.25, -0.2) is 0 Å². The smallest absolute Gasteiger partial charge is 0.257 e. The van der Waals surface area contributed by atoms with Crippen molar-refractivity contribution in [2.45, 2.75) is 27.2 Å². The number of hydrogen-bond donors (Lipinski definition) is 1. The summed E-state index contributed by atoms with van der Waals surface area (Å²) in [5.41, 5.74) is 6.28. The summed E-state index contributed by atoms with van der Waals surface area (Å²) in [5.74, 6) is 0.573. The zero-order valence-electron chi connectivity index (χ0n) is 13.3. The summed E-state index contributed by atoms with van der Waals surface area (Å²) in [5, 5.41) is 0. The van der Waals surface area contributed by atoms with Gasteiger partial charge in [0.1, 0.15) is 5.75 Å². The van der Waals surface area contributed by atoms with Crippen molar-refractivity contribution in [3.8, 4) is 5.75 Å². The molecule has 0 aliphatic rings. The molecule has 2 N–H and O–H groups in total. The molecule has 0 spiro atoms. The SMILES string of the molecule is CCCN(CC(C)(C)CN)C(=O)c1ccc(Br)cc1OC. The molecule has 0 saturated carbocycles. The van der Waals surface area contributed by atoms with Gasteiger partial charge in [0.2, 0.25) is 0 Å². The predicted molar refractivity (Wildman–Crippen MR) is 89.7 cm³/mol. The fourth-order valence-electron chi connectivity index (χ4n) is 2.12. The van der Waals surface area contributed by atoms with Crippen LogP contribution in [0.15, 0.2) is 22.7 Å². The third-order valence-electron chi connectivity index (χ3n) is 3.35. The number of hydrogen-bond acceptors (Lipinski definition) is 3. The molecule has 118 valence electrons. The van der Waals surface area contributed by atoms with Crippen LogP contribution < -0.4 is 10.5 Å². The molecule has 1 aromatic carbocycles. The lowest BCUT2D eigenvalue weighted by Gasteiger charge is -2.32. The molecule has 4 nitrogen and oxygen atoms in total. The summed E-state index contributed by atoms with van der Waals surface area (Å²) < 4.78 is 6.22. The van der Waals surface area contributed by atoms with Gasteiger partial charge in [0, 0.05) is 17.6 Å². The van der Waals surface area contributed by atoms with Crippen molar-refractivity contribution in [2.75, 3.05) is 26.7 Å². The topological polar surface area (TPSA) is 55.6 Å². The van der Waals surface area contributed by atoms with E-state index in [0.717, 1.165) is 10.9 Å². The van der Waals surface area contributed by atoms with Crippen LogP contribution in [0.2, 0.25) is 0 Å². The molecule has 1 amide bonds. The summed E-state index contributed by atoms with van der Waals surface area (Å²) in [6, 6.07) is 5.46. The number of halogens is 1. The predicted octanol–water partition coefficient (Wildman–Crippen LogP) is 3.29. The van der Waals surface area contributed by atoms with E-state index in [1.54, 1.807) is 13.2 Å². The summed E-state index contributed by atoms with van der Waals surface area (Å²) in [4.78, 5) is 14.7. The van der Waals surface area contributed by atoms with E-state index in [0.29, 0.717) is 30.9 Å². The van der Waals surface area contributed by atoms with E-state index < -0.39 is 0 Å². The number of benzene rings is 1. The molecule has 5 heteroatoms. The number of nitrogens with zero attached hydrogens (tertiary/aromatic N) is 1. The first-order chi connectivity index (χ1) is 9.84. The van der Waals surface area contributed by atoms with Crippen molar-refractivity contribution in [3.63, 3.8) is 0 Å². The minimum atomic E-state index is -0.104. The molecule has 0 radical (unpaired) electrons. The lowest BCUT2D eigenvalue weighted by Crippen LogP contribution is -2.42. The van der Waals surface area contributed by atoms with E-state index in [2.05, 4.69) is 36.7 Å². The second-order valence-corrected chi connectivity index (χ2v) is 6.86. The largest absolute Gasteiger partial charge is 0.496 e. The molecule has 0 aliphatic heterocycles. The van der Waals surface area contributed by atoms with Gasteiger partial charge in [-0.2, -0.15) is 0 Å². The zero-order chi connectivity index (χ0) is 16.0. The quantitative estimate of drug-likeness (QED) is 0.815. The van der Waals surface area contributed by atoms with Gasteiger partial charge in [-0.15, -0.1) is 0 Å². The molecule has 0 bridgehead atoms. The standard InChI is InChI=1S/C16H25BrN2O2/c1-5-8-19(11-16(2,3)10-18)15(20)13-7-6-12(17)9-14(13)21-4/h6-7,9H,5,8,10-11,18H2,1-4H3. The van der Waals surface area contributed by atoms with Crippen LogP contribution in [0.1, 0.15) is 37.6 Å². The molecule has 0 aromatic heterocycles. The fourth-order valence-corrected chi connectivity index (χ4v) is 2.46. The van der Waals surface area contributed by atoms with Gasteiger partial charge in [0.15, 0.2) is 0 Å². The monoisotopic (exact) mass is 356 g/mol. The van der Waals surface area contributed by atoms with Crippen LogP contribution in [0.25, 0.3) is 0 Å². The highest BCUT2D eigenvalue weighted by Crippen LogP contribution is 2.26. The normalized spacial score (nSPS) is 11.3. The maximum Gasteiger partial charge on any atom is 0.257 e. The van der Waals surface area contributed by atoms with Crippen molar-refractivity contribution in [2.24, 2.45) is 11.1 Å². The molecule has 1 aromatic rings. The first-order valence-corrected chi connectivity index (χ1v) is 7.97. The van der Waals surface area contributed by atoms with Gasteiger partial charge in [-0.3, -0.25) is 4.79 Å². The average molecular weight is 357 g/mol. The highest BCUT2D eigenvalue weighted by atomic mass is 79.9. The van der Waals surface area contributed by atoms with Crippen LogP contribution in [0.5, 0.6) is 5.75 Å². The Hall–Kier alpha value is -1.07. The molecule has 1 rings (SSSR count). The van der Waals surface area contributed by atoms with Gasteiger partial charge in [0.25, 0.3) is 5.91 Å². The van der Waals surface area contributed by atoms with Crippen molar-refractivity contribution in [1.82, 2.24) is 4.90 Å². The van der Waals surface area contributed by atoms with Gasteiger partial charge < -0.3 is 15.4 Å². The van der Waals surface area contributed by atoms with E-state index in [-0.39, 0.29) is 11.3 Å². The molecule has 0 fully saturated rings. The lowest BCUT2D eigenvalue weighted by atomic mass is 9.92. The number of amides is 1. The molecule has 0 atom stereocenters. The first kappa shape index (κ1) is 18.0. The number of carbonyl (C=O) groups is 1. The minimum absolute atomic E-state index is 0.0114. The second kappa shape index (κ2) is 7.80. The van der Waals surface area contributed by atoms with Crippen LogP contribution in [0, 0.1) is 5.41 Å². The Kier molecular flexibility index (Phi) is 6.68. The number of carbonyl (C=O) groups excluding carboxylic acids is 1. The second-order valence-electron chi connectivity index (χ2n) is 5.94. The summed E-state index contributed by atoms with van der Waals surface area (Å²) in [6.07, 6.45) is 0.908. The van der Waals surface area contributed by atoms with Crippen LogP contribution in [0.4, 0.5) is 0 Å². The Morgan fingerprint density at radius 3 is 2.62 bits per heavy atom. The Balaban J connectivity index is 3.06. The number of rotatable bonds is 7. The minimum Gasteiger partial charge on any atom is -0.496 e. The van der Waals surface area contributed by atoms with E-state index in [1.165, 1.54) is 0 Å². The Morgan fingerprint density at radius 2 is 2.10 bits per heavy atom. The Morgan fingerprint density at radius 1 is 1.43 bits per heavy atom. The van der Waals surface area contributed by atoms with Crippen LogP contribution in [0.3, 0.4) is 0 Å². The maximum absolute atomic E-state index is 12.8. The fraction of sp³-hybridized carbons (Fsp3) is 0.562. The number of methoxy groups -OCH3 is 1. The molecule has 0 unspecified atom stereocenters. The Bertz CT molecular complexity index is 489. The molecule has 0 aliphatic carbocycles. The summed E-state index contributed by atoms with van der Waals surface area (Å²) >= 11 is 3.39. The van der Waals surface area contributed by atoms with Crippen molar-refractivity contribution >= 4 is 21.8 Å². The number of nitrogens with two attached hydrogens (primary N) is 1. The van der Waals surface area contributed by atoms with Gasteiger partial charge in [-0.1, -0.05) is 36.7 Å². The Labute approximate surface area is 135 Å². The number of ether oxygens (including phenoxy) is 1. The summed E-state index contributed by atoms with van der Waals surface area (Å²) in [7, 11) is 1.58. The molecular weight excluding hydrogens is 332 g/mol. The van der Waals surface area contributed by atoms with E-state index in [1.807, 2.05) is 17.0 Å². The van der Waals surface area contributed by atoms with Crippen LogP contribution in [-0.2, 0) is 0 Å². The third kappa shape index (κ3) is 5.00. The van der Waals surface area contributed by atoms with E-state index in [9.17, 15) is 4.79 Å². The van der Waals surface area contributed by atoms with E-state index >= 15 is 0 Å². The van der Waals surface area contributed by atoms with Crippen molar-refractivity contribution in [3.05, 3.63) is 28.2 Å². The van der Waals surface area contributed by atoms with Crippen molar-refractivity contribution in [1.29, 1.82) is 0 Å². The van der Waals surface area contributed by atoms with Gasteiger partial charge >= 0.3 is 0 Å².